The number of carbonyl (C=O) groups excluding carboxylic acids is 1. The van der Waals surface area contributed by atoms with Crippen molar-refractivity contribution in [2.75, 3.05) is 25.0 Å². The summed E-state index contributed by atoms with van der Waals surface area (Å²) in [5.41, 5.74) is 0.523. The normalized spacial score (nSPS) is 14.8. The van der Waals surface area contributed by atoms with E-state index in [0.717, 1.165) is 32.0 Å². The summed E-state index contributed by atoms with van der Waals surface area (Å²) < 4.78 is 13.6. The zero-order chi connectivity index (χ0) is 13.7. The van der Waals surface area contributed by atoms with Gasteiger partial charge in [0.05, 0.1) is 23.9 Å². The number of amides is 1. The fourth-order valence-electron chi connectivity index (χ4n) is 2.15. The molecule has 0 aliphatic carbocycles. The van der Waals surface area contributed by atoms with Gasteiger partial charge in [-0.1, -0.05) is 0 Å². The second kappa shape index (κ2) is 6.19. The molecule has 1 heterocycles. The van der Waals surface area contributed by atoms with Gasteiger partial charge in [0.25, 0.3) is 0 Å². The quantitative estimate of drug-likeness (QED) is 0.906. The molecule has 19 heavy (non-hydrogen) atoms. The van der Waals surface area contributed by atoms with E-state index < -0.39 is 5.82 Å². The Bertz CT molecular complexity index is 504. The first-order valence-corrected chi connectivity index (χ1v) is 6.42. The maximum atomic E-state index is 13.6. The van der Waals surface area contributed by atoms with Crippen molar-refractivity contribution >= 4 is 11.6 Å². The number of nitriles is 1. The van der Waals surface area contributed by atoms with Gasteiger partial charge in [0.2, 0.25) is 5.91 Å². The number of benzene rings is 1. The van der Waals surface area contributed by atoms with Crippen molar-refractivity contribution in [3.63, 3.8) is 0 Å². The summed E-state index contributed by atoms with van der Waals surface area (Å²) in [5.74, 6) is -0.519. The van der Waals surface area contributed by atoms with Gasteiger partial charge in [0, 0.05) is 13.1 Å². The largest absolute Gasteiger partial charge is 0.374 e. The molecule has 100 valence electrons. The number of hydrogen-bond acceptors (Lipinski definition) is 3. The highest BCUT2D eigenvalue weighted by molar-refractivity contribution is 5.81. The fraction of sp³-hybridized carbons (Fsp3) is 0.429. The Labute approximate surface area is 111 Å². The van der Waals surface area contributed by atoms with Crippen molar-refractivity contribution < 1.29 is 9.18 Å². The molecular weight excluding hydrogens is 245 g/mol. The van der Waals surface area contributed by atoms with Gasteiger partial charge in [-0.2, -0.15) is 5.26 Å². The molecule has 0 bridgehead atoms. The Morgan fingerprint density at radius 3 is 2.74 bits per heavy atom. The Kier molecular flexibility index (Phi) is 4.35. The van der Waals surface area contributed by atoms with Crippen LogP contribution in [0.1, 0.15) is 24.8 Å². The topological polar surface area (TPSA) is 56.1 Å². The average molecular weight is 261 g/mol. The van der Waals surface area contributed by atoms with Crippen molar-refractivity contribution in [3.05, 3.63) is 29.6 Å². The molecule has 1 aliphatic rings. The van der Waals surface area contributed by atoms with Gasteiger partial charge in [0.1, 0.15) is 5.82 Å². The van der Waals surface area contributed by atoms with E-state index >= 15 is 0 Å². The molecule has 1 aromatic carbocycles. The molecule has 5 heteroatoms. The molecule has 1 saturated heterocycles. The SMILES string of the molecule is N#Cc1ccc(NCC(=O)N2CCCCC2)c(F)c1. The van der Waals surface area contributed by atoms with Gasteiger partial charge >= 0.3 is 0 Å². The van der Waals surface area contributed by atoms with Crippen LogP contribution in [0.4, 0.5) is 10.1 Å². The third-order valence-electron chi connectivity index (χ3n) is 3.24. The molecule has 4 nitrogen and oxygen atoms in total. The van der Waals surface area contributed by atoms with Crippen LogP contribution in [0.2, 0.25) is 0 Å². The van der Waals surface area contributed by atoms with Crippen LogP contribution in [-0.2, 0) is 4.79 Å². The van der Waals surface area contributed by atoms with Crippen molar-refractivity contribution in [3.8, 4) is 6.07 Å². The third-order valence-corrected chi connectivity index (χ3v) is 3.24. The summed E-state index contributed by atoms with van der Waals surface area (Å²) >= 11 is 0. The van der Waals surface area contributed by atoms with E-state index in [4.69, 9.17) is 5.26 Å². The lowest BCUT2D eigenvalue weighted by Crippen LogP contribution is -2.39. The van der Waals surface area contributed by atoms with Crippen molar-refractivity contribution in [1.29, 1.82) is 5.26 Å². The predicted octanol–water partition coefficient (Wildman–Crippen LogP) is 2.12. The summed E-state index contributed by atoms with van der Waals surface area (Å²) in [7, 11) is 0. The number of nitrogens with zero attached hydrogens (tertiary/aromatic N) is 2. The van der Waals surface area contributed by atoms with Gasteiger partial charge in [-0.25, -0.2) is 4.39 Å². The zero-order valence-corrected chi connectivity index (χ0v) is 10.7. The summed E-state index contributed by atoms with van der Waals surface area (Å²) in [5, 5.41) is 11.4. The first-order chi connectivity index (χ1) is 9.20. The van der Waals surface area contributed by atoms with Crippen LogP contribution in [0.15, 0.2) is 18.2 Å². The van der Waals surface area contributed by atoms with Crippen LogP contribution >= 0.6 is 0 Å². The highest BCUT2D eigenvalue weighted by Gasteiger charge is 2.16. The standard InChI is InChI=1S/C14H16FN3O/c15-12-8-11(9-16)4-5-13(12)17-10-14(19)18-6-2-1-3-7-18/h4-5,8,17H,1-3,6-7,10H2. The number of anilines is 1. The number of carbonyl (C=O) groups is 1. The minimum Gasteiger partial charge on any atom is -0.374 e. The molecule has 1 aromatic rings. The molecule has 0 spiro atoms. The van der Waals surface area contributed by atoms with E-state index in [2.05, 4.69) is 5.32 Å². The van der Waals surface area contributed by atoms with Gasteiger partial charge in [-0.05, 0) is 37.5 Å². The highest BCUT2D eigenvalue weighted by Crippen LogP contribution is 2.15. The van der Waals surface area contributed by atoms with Gasteiger partial charge in [-0.3, -0.25) is 4.79 Å². The zero-order valence-electron chi connectivity index (χ0n) is 10.7. The third kappa shape index (κ3) is 3.44. The molecule has 1 aliphatic heterocycles. The number of hydrogen-bond donors (Lipinski definition) is 1. The minimum absolute atomic E-state index is 0.0107. The predicted molar refractivity (Wildman–Crippen MR) is 70.0 cm³/mol. The number of piperidine rings is 1. The lowest BCUT2D eigenvalue weighted by molar-refractivity contribution is -0.130. The van der Waals surface area contributed by atoms with Gasteiger partial charge in [-0.15, -0.1) is 0 Å². The Morgan fingerprint density at radius 1 is 1.37 bits per heavy atom. The van der Waals surface area contributed by atoms with E-state index in [-0.39, 0.29) is 23.7 Å². The number of rotatable bonds is 3. The van der Waals surface area contributed by atoms with E-state index in [9.17, 15) is 9.18 Å². The molecule has 1 amide bonds. The maximum Gasteiger partial charge on any atom is 0.241 e. The van der Waals surface area contributed by atoms with E-state index in [0.29, 0.717) is 0 Å². The van der Waals surface area contributed by atoms with Crippen LogP contribution < -0.4 is 5.32 Å². The van der Waals surface area contributed by atoms with Crippen LogP contribution in [0.25, 0.3) is 0 Å². The van der Waals surface area contributed by atoms with Crippen LogP contribution in [0, 0.1) is 17.1 Å². The molecule has 1 N–H and O–H groups in total. The first-order valence-electron chi connectivity index (χ1n) is 6.42. The minimum atomic E-state index is -0.509. The smallest absolute Gasteiger partial charge is 0.241 e. The maximum absolute atomic E-state index is 13.6. The monoisotopic (exact) mass is 261 g/mol. The molecule has 0 radical (unpaired) electrons. The fourth-order valence-corrected chi connectivity index (χ4v) is 2.15. The molecule has 1 fully saturated rings. The van der Waals surface area contributed by atoms with Crippen LogP contribution in [-0.4, -0.2) is 30.4 Å². The molecular formula is C14H16FN3O. The van der Waals surface area contributed by atoms with E-state index in [1.54, 1.807) is 4.90 Å². The molecule has 0 atom stereocenters. The van der Waals surface area contributed by atoms with Gasteiger partial charge < -0.3 is 10.2 Å². The lowest BCUT2D eigenvalue weighted by Gasteiger charge is -2.26. The van der Waals surface area contributed by atoms with Crippen molar-refractivity contribution in [2.45, 2.75) is 19.3 Å². The molecule has 0 saturated carbocycles. The average Bonchev–Trinajstić information content (AvgIpc) is 2.46. The molecule has 0 unspecified atom stereocenters. The van der Waals surface area contributed by atoms with Crippen molar-refractivity contribution in [2.24, 2.45) is 0 Å². The Morgan fingerprint density at radius 2 is 2.11 bits per heavy atom. The second-order valence-electron chi connectivity index (χ2n) is 4.60. The first kappa shape index (κ1) is 13.3. The number of likely N-dealkylation sites (tertiary alicyclic amines) is 1. The molecule has 0 aromatic heterocycles. The Balaban J connectivity index is 1.91. The lowest BCUT2D eigenvalue weighted by atomic mass is 10.1. The summed E-state index contributed by atoms with van der Waals surface area (Å²) in [4.78, 5) is 13.7. The summed E-state index contributed by atoms with van der Waals surface area (Å²) in [6.45, 7) is 1.66. The van der Waals surface area contributed by atoms with E-state index in [1.165, 1.54) is 18.6 Å². The Hall–Kier alpha value is -2.09. The van der Waals surface area contributed by atoms with E-state index in [1.807, 2.05) is 6.07 Å². The van der Waals surface area contributed by atoms with Crippen LogP contribution in [0.5, 0.6) is 0 Å². The number of nitrogens with one attached hydrogen (secondary N) is 1. The highest BCUT2D eigenvalue weighted by atomic mass is 19.1. The summed E-state index contributed by atoms with van der Waals surface area (Å²) in [6, 6.07) is 6.04. The van der Waals surface area contributed by atoms with Crippen molar-refractivity contribution in [1.82, 2.24) is 4.90 Å². The van der Waals surface area contributed by atoms with Crippen LogP contribution in [0.3, 0.4) is 0 Å². The molecule has 2 rings (SSSR count). The summed E-state index contributed by atoms with van der Waals surface area (Å²) in [6.07, 6.45) is 3.25. The second-order valence-corrected chi connectivity index (χ2v) is 4.60. The number of halogens is 1. The van der Waals surface area contributed by atoms with Gasteiger partial charge in [0.15, 0.2) is 0 Å².